The Hall–Kier alpha value is -4.31. The molecule has 4 rings (SSSR count). The van der Waals surface area contributed by atoms with Gasteiger partial charge in [-0.3, -0.25) is 14.4 Å². The lowest BCUT2D eigenvalue weighted by Crippen LogP contribution is -2.37. The third-order valence-electron chi connectivity index (χ3n) is 6.12. The van der Waals surface area contributed by atoms with Gasteiger partial charge in [0.25, 0.3) is 5.91 Å². The summed E-state index contributed by atoms with van der Waals surface area (Å²) >= 11 is 3.32. The molecule has 10 heteroatoms. The molecule has 0 aromatic heterocycles. The van der Waals surface area contributed by atoms with Crippen LogP contribution in [0.2, 0.25) is 0 Å². The molecule has 1 aliphatic rings. The van der Waals surface area contributed by atoms with Crippen molar-refractivity contribution < 1.29 is 23.9 Å². The molecule has 3 aromatic carbocycles. The minimum Gasteiger partial charge on any atom is -0.423 e. The molecule has 0 saturated heterocycles. The zero-order chi connectivity index (χ0) is 27.6. The smallest absolute Gasteiger partial charge is 0.343 e. The first-order chi connectivity index (χ1) is 18.9. The first kappa shape index (κ1) is 27.7. The summed E-state index contributed by atoms with van der Waals surface area (Å²) in [5.74, 6) is -2.39. The predicted molar refractivity (Wildman–Crippen MR) is 151 cm³/mol. The maximum Gasteiger partial charge on any atom is 0.343 e. The average molecular weight is 591 g/mol. The van der Waals surface area contributed by atoms with E-state index in [9.17, 15) is 19.2 Å². The normalized spacial score (nSPS) is 13.5. The Morgan fingerprint density at radius 1 is 0.846 bits per heavy atom. The Labute approximate surface area is 234 Å². The number of benzene rings is 3. The molecule has 200 valence electrons. The maximum atomic E-state index is 12.8. The van der Waals surface area contributed by atoms with E-state index in [2.05, 4.69) is 37.1 Å². The highest BCUT2D eigenvalue weighted by molar-refractivity contribution is 9.10. The van der Waals surface area contributed by atoms with Gasteiger partial charge in [0.05, 0.1) is 23.0 Å². The Morgan fingerprint density at radius 3 is 2.26 bits per heavy atom. The quantitative estimate of drug-likeness (QED) is 0.120. The van der Waals surface area contributed by atoms with Gasteiger partial charge >= 0.3 is 17.8 Å². The minimum absolute atomic E-state index is 0.111. The number of anilines is 1. The molecule has 3 amide bonds. The molecule has 0 atom stereocenters. The van der Waals surface area contributed by atoms with Crippen molar-refractivity contribution in [3.8, 4) is 5.75 Å². The highest BCUT2D eigenvalue weighted by Gasteiger charge is 2.21. The van der Waals surface area contributed by atoms with Crippen molar-refractivity contribution >= 4 is 51.5 Å². The molecule has 1 aliphatic carbocycles. The summed E-state index contributed by atoms with van der Waals surface area (Å²) in [5, 5.41) is 9.30. The fourth-order valence-electron chi connectivity index (χ4n) is 4.07. The van der Waals surface area contributed by atoms with Gasteiger partial charge in [-0.25, -0.2) is 10.2 Å². The van der Waals surface area contributed by atoms with Crippen LogP contribution in [0.3, 0.4) is 0 Å². The van der Waals surface area contributed by atoms with Gasteiger partial charge in [0.15, 0.2) is 0 Å². The van der Waals surface area contributed by atoms with Crippen LogP contribution < -0.4 is 20.8 Å². The van der Waals surface area contributed by atoms with Crippen LogP contribution in [-0.4, -0.2) is 35.9 Å². The monoisotopic (exact) mass is 590 g/mol. The van der Waals surface area contributed by atoms with Gasteiger partial charge in [0.1, 0.15) is 5.75 Å². The first-order valence-electron chi connectivity index (χ1n) is 12.5. The Bertz CT molecular complexity index is 1370. The van der Waals surface area contributed by atoms with Crippen molar-refractivity contribution in [1.29, 1.82) is 0 Å². The van der Waals surface area contributed by atoms with Crippen LogP contribution in [0.5, 0.6) is 5.75 Å². The Morgan fingerprint density at radius 2 is 1.54 bits per heavy atom. The second-order valence-corrected chi connectivity index (χ2v) is 9.89. The van der Waals surface area contributed by atoms with Gasteiger partial charge in [-0.2, -0.15) is 5.10 Å². The summed E-state index contributed by atoms with van der Waals surface area (Å²) in [6.07, 6.45) is 6.53. The van der Waals surface area contributed by atoms with E-state index in [1.54, 1.807) is 72.8 Å². The molecule has 9 nitrogen and oxygen atoms in total. The third kappa shape index (κ3) is 8.08. The number of hydrogen-bond donors (Lipinski definition) is 3. The lowest BCUT2D eigenvalue weighted by Gasteiger charge is -2.23. The molecule has 0 bridgehead atoms. The summed E-state index contributed by atoms with van der Waals surface area (Å²) in [6.45, 7) is 0. The van der Waals surface area contributed by atoms with Crippen molar-refractivity contribution in [2.24, 2.45) is 5.10 Å². The van der Waals surface area contributed by atoms with Crippen LogP contribution in [0.25, 0.3) is 0 Å². The van der Waals surface area contributed by atoms with E-state index in [0.717, 1.165) is 30.2 Å². The number of ether oxygens (including phenoxy) is 1. The van der Waals surface area contributed by atoms with Gasteiger partial charge in [0, 0.05) is 10.5 Å². The van der Waals surface area contributed by atoms with Crippen molar-refractivity contribution in [1.82, 2.24) is 10.7 Å². The van der Waals surface area contributed by atoms with E-state index in [-0.39, 0.29) is 23.2 Å². The topological polar surface area (TPSA) is 126 Å². The number of esters is 1. The molecule has 0 radical (unpaired) electrons. The second-order valence-electron chi connectivity index (χ2n) is 8.97. The van der Waals surface area contributed by atoms with E-state index in [1.165, 1.54) is 12.6 Å². The van der Waals surface area contributed by atoms with E-state index in [1.807, 2.05) is 0 Å². The zero-order valence-corrected chi connectivity index (χ0v) is 22.6. The molecular formula is C29H27BrN4O5. The van der Waals surface area contributed by atoms with E-state index < -0.39 is 17.8 Å². The van der Waals surface area contributed by atoms with Crippen LogP contribution in [-0.2, 0) is 9.59 Å². The first-order valence-corrected chi connectivity index (χ1v) is 13.3. The summed E-state index contributed by atoms with van der Waals surface area (Å²) in [7, 11) is 0. The largest absolute Gasteiger partial charge is 0.423 e. The molecule has 0 aliphatic heterocycles. The maximum absolute atomic E-state index is 12.8. The van der Waals surface area contributed by atoms with Gasteiger partial charge in [-0.15, -0.1) is 0 Å². The van der Waals surface area contributed by atoms with E-state index in [4.69, 9.17) is 4.74 Å². The Balaban J connectivity index is 1.28. The van der Waals surface area contributed by atoms with Gasteiger partial charge in [0.2, 0.25) is 0 Å². The number of nitrogens with one attached hydrogen (secondary N) is 3. The standard InChI is InChI=1S/C29H27BrN4O5/c30-21-14-12-20(13-15-21)29(38)39-23-16-10-19(11-17-23)18-31-34-28(37)27(36)33-25-9-5-4-8-24(25)26(35)32-22-6-2-1-3-7-22/h4-5,8-18,22H,1-3,6-7H2,(H,32,35)(H,33,36)(H,34,37)/b31-18-. The molecular weight excluding hydrogens is 564 g/mol. The zero-order valence-electron chi connectivity index (χ0n) is 21.0. The van der Waals surface area contributed by atoms with Crippen molar-refractivity contribution in [2.75, 3.05) is 5.32 Å². The SMILES string of the molecule is O=C(N/N=C\c1ccc(OC(=O)c2ccc(Br)cc2)cc1)C(=O)Nc1ccccc1C(=O)NC1CCCCC1. The fourth-order valence-corrected chi connectivity index (χ4v) is 4.33. The van der Waals surface area contributed by atoms with Crippen molar-refractivity contribution in [3.05, 3.63) is 94.0 Å². The van der Waals surface area contributed by atoms with Gasteiger partial charge in [-0.05, 0) is 79.1 Å². The van der Waals surface area contributed by atoms with Crippen LogP contribution in [0.15, 0.2) is 82.4 Å². The molecule has 3 N–H and O–H groups in total. The van der Waals surface area contributed by atoms with Crippen molar-refractivity contribution in [2.45, 2.75) is 38.1 Å². The van der Waals surface area contributed by atoms with E-state index in [0.29, 0.717) is 16.9 Å². The summed E-state index contributed by atoms with van der Waals surface area (Å²) in [6, 6.07) is 19.9. The number of carbonyl (C=O) groups is 4. The predicted octanol–water partition coefficient (Wildman–Crippen LogP) is 4.82. The van der Waals surface area contributed by atoms with Gasteiger partial charge in [-0.1, -0.05) is 47.3 Å². The number of carbonyl (C=O) groups excluding carboxylic acids is 4. The number of rotatable bonds is 7. The lowest BCUT2D eigenvalue weighted by atomic mass is 9.95. The number of amides is 3. The Kier molecular flexibility index (Phi) is 9.58. The molecule has 1 saturated carbocycles. The van der Waals surface area contributed by atoms with Crippen molar-refractivity contribution in [3.63, 3.8) is 0 Å². The number of para-hydroxylation sites is 1. The molecule has 39 heavy (non-hydrogen) atoms. The average Bonchev–Trinajstić information content (AvgIpc) is 2.95. The summed E-state index contributed by atoms with van der Waals surface area (Å²) in [4.78, 5) is 49.7. The van der Waals surface area contributed by atoms with E-state index >= 15 is 0 Å². The summed E-state index contributed by atoms with van der Waals surface area (Å²) in [5.41, 5.74) is 3.71. The minimum atomic E-state index is -0.992. The second kappa shape index (κ2) is 13.5. The fraction of sp³-hybridized carbons (Fsp3) is 0.207. The molecule has 0 spiro atoms. The highest BCUT2D eigenvalue weighted by atomic mass is 79.9. The number of halogens is 1. The van der Waals surface area contributed by atoms with Crippen LogP contribution in [0.4, 0.5) is 5.69 Å². The lowest BCUT2D eigenvalue weighted by molar-refractivity contribution is -0.136. The number of hydrazone groups is 1. The molecule has 0 unspecified atom stereocenters. The number of hydrogen-bond acceptors (Lipinski definition) is 6. The number of nitrogens with zero attached hydrogens (tertiary/aromatic N) is 1. The van der Waals surface area contributed by atoms with Gasteiger partial charge < -0.3 is 15.4 Å². The highest BCUT2D eigenvalue weighted by Crippen LogP contribution is 2.20. The third-order valence-corrected chi connectivity index (χ3v) is 6.65. The van der Waals surface area contributed by atoms with Crippen LogP contribution >= 0.6 is 15.9 Å². The molecule has 3 aromatic rings. The molecule has 1 fully saturated rings. The van der Waals surface area contributed by atoms with Crippen LogP contribution in [0.1, 0.15) is 58.4 Å². The molecule has 0 heterocycles. The summed E-state index contributed by atoms with van der Waals surface area (Å²) < 4.78 is 6.20. The van der Waals surface area contributed by atoms with Crippen LogP contribution in [0, 0.1) is 0 Å².